The van der Waals surface area contributed by atoms with E-state index in [9.17, 15) is 0 Å². The van der Waals surface area contributed by atoms with E-state index in [0.717, 1.165) is 6.54 Å². The van der Waals surface area contributed by atoms with Gasteiger partial charge in [0.2, 0.25) is 0 Å². The molecule has 0 heterocycles. The van der Waals surface area contributed by atoms with Crippen LogP contribution in [0.25, 0.3) is 0 Å². The zero-order valence-electron chi connectivity index (χ0n) is 16.7. The van der Waals surface area contributed by atoms with Gasteiger partial charge in [-0.2, -0.15) is 0 Å². The maximum Gasteiger partial charge on any atom is 0.0988 e. The summed E-state index contributed by atoms with van der Waals surface area (Å²) in [5.74, 6) is 1.42. The van der Waals surface area contributed by atoms with Crippen LogP contribution in [0.1, 0.15) is 111 Å². The van der Waals surface area contributed by atoms with E-state index < -0.39 is 0 Å². The van der Waals surface area contributed by atoms with Gasteiger partial charge in [-0.05, 0) is 25.7 Å². The summed E-state index contributed by atoms with van der Waals surface area (Å²) in [6.07, 6.45) is 17.0. The smallest absolute Gasteiger partial charge is 0.0988 e. The summed E-state index contributed by atoms with van der Waals surface area (Å²) in [5.41, 5.74) is 0. The Morgan fingerprint density at radius 3 is 1.61 bits per heavy atom. The van der Waals surface area contributed by atoms with Crippen molar-refractivity contribution in [3.63, 3.8) is 0 Å². The lowest BCUT2D eigenvalue weighted by Gasteiger charge is -2.27. The van der Waals surface area contributed by atoms with Gasteiger partial charge < -0.3 is 4.90 Å². The first-order chi connectivity index (χ1) is 11.3. The van der Waals surface area contributed by atoms with Crippen molar-refractivity contribution in [3.8, 4) is 0 Å². The molecule has 23 heavy (non-hydrogen) atoms. The molecule has 0 N–H and O–H groups in total. The van der Waals surface area contributed by atoms with Crippen molar-refractivity contribution in [1.82, 2.24) is 4.90 Å². The van der Waals surface area contributed by atoms with Crippen LogP contribution >= 0.6 is 0 Å². The van der Waals surface area contributed by atoms with Gasteiger partial charge in [0.25, 0.3) is 0 Å². The SMILES string of the molecule is CCCCCN=C(CCCCC)N(CCCCC)CCCCC. The number of hydrogen-bond donors (Lipinski definition) is 0. The normalized spacial score (nSPS) is 11.9. The summed E-state index contributed by atoms with van der Waals surface area (Å²) in [6, 6.07) is 0. The van der Waals surface area contributed by atoms with Crippen LogP contribution in [-0.4, -0.2) is 30.4 Å². The predicted molar refractivity (Wildman–Crippen MR) is 107 cm³/mol. The second-order valence-corrected chi connectivity index (χ2v) is 6.86. The highest BCUT2D eigenvalue weighted by molar-refractivity contribution is 5.82. The predicted octanol–water partition coefficient (Wildman–Crippen LogP) is 6.84. The van der Waals surface area contributed by atoms with Gasteiger partial charge in [0.1, 0.15) is 0 Å². The first-order valence-electron chi connectivity index (χ1n) is 10.6. The third-order valence-electron chi connectivity index (χ3n) is 4.49. The fourth-order valence-corrected chi connectivity index (χ4v) is 2.92. The van der Waals surface area contributed by atoms with Crippen molar-refractivity contribution in [2.75, 3.05) is 19.6 Å². The Hall–Kier alpha value is -0.530. The third kappa shape index (κ3) is 13.6. The van der Waals surface area contributed by atoms with Gasteiger partial charge in [0.15, 0.2) is 0 Å². The summed E-state index contributed by atoms with van der Waals surface area (Å²) in [6.45, 7) is 12.6. The number of aliphatic imine (C=N–C) groups is 1. The van der Waals surface area contributed by atoms with Crippen LogP contribution in [0.15, 0.2) is 4.99 Å². The Kier molecular flexibility index (Phi) is 17.4. The van der Waals surface area contributed by atoms with Gasteiger partial charge in [-0.25, -0.2) is 0 Å². The van der Waals surface area contributed by atoms with E-state index in [1.165, 1.54) is 102 Å². The summed E-state index contributed by atoms with van der Waals surface area (Å²) >= 11 is 0. The average molecular weight is 325 g/mol. The second-order valence-electron chi connectivity index (χ2n) is 6.86. The standard InChI is InChI=1S/C21H44N2/c1-5-9-13-17-21(22-18-14-10-6-2)23(19-15-11-7-3)20-16-12-8-4/h5-20H2,1-4H3. The van der Waals surface area contributed by atoms with Crippen molar-refractivity contribution >= 4 is 5.84 Å². The molecule has 0 rings (SSSR count). The molecule has 2 nitrogen and oxygen atoms in total. The molecule has 0 saturated heterocycles. The summed E-state index contributed by atoms with van der Waals surface area (Å²) in [7, 11) is 0. The minimum absolute atomic E-state index is 1.04. The summed E-state index contributed by atoms with van der Waals surface area (Å²) in [4.78, 5) is 7.67. The molecule has 138 valence electrons. The first kappa shape index (κ1) is 22.5. The highest BCUT2D eigenvalue weighted by Crippen LogP contribution is 2.10. The molecule has 0 unspecified atom stereocenters. The lowest BCUT2D eigenvalue weighted by molar-refractivity contribution is 0.380. The largest absolute Gasteiger partial charge is 0.360 e. The Morgan fingerprint density at radius 1 is 0.609 bits per heavy atom. The fraction of sp³-hybridized carbons (Fsp3) is 0.952. The molecule has 0 aromatic rings. The Labute approximate surface area is 147 Å². The number of hydrogen-bond acceptors (Lipinski definition) is 1. The molecule has 0 fully saturated rings. The van der Waals surface area contributed by atoms with E-state index >= 15 is 0 Å². The quantitative estimate of drug-likeness (QED) is 0.172. The highest BCUT2D eigenvalue weighted by atomic mass is 15.2. The van der Waals surface area contributed by atoms with Crippen LogP contribution < -0.4 is 0 Å². The van der Waals surface area contributed by atoms with Crippen molar-refractivity contribution < 1.29 is 0 Å². The molecule has 0 aliphatic rings. The van der Waals surface area contributed by atoms with Gasteiger partial charge in [0, 0.05) is 26.1 Å². The Balaban J connectivity index is 4.62. The molecule has 0 aromatic heterocycles. The van der Waals surface area contributed by atoms with Gasteiger partial charge in [0.05, 0.1) is 5.84 Å². The summed E-state index contributed by atoms with van der Waals surface area (Å²) in [5, 5.41) is 0. The number of nitrogens with zero attached hydrogens (tertiary/aromatic N) is 2. The summed E-state index contributed by atoms with van der Waals surface area (Å²) < 4.78 is 0. The van der Waals surface area contributed by atoms with Crippen LogP contribution in [0.2, 0.25) is 0 Å². The van der Waals surface area contributed by atoms with Crippen LogP contribution in [-0.2, 0) is 0 Å². The van der Waals surface area contributed by atoms with Gasteiger partial charge in [-0.15, -0.1) is 0 Å². The third-order valence-corrected chi connectivity index (χ3v) is 4.49. The number of unbranched alkanes of at least 4 members (excludes halogenated alkanes) is 8. The molecular weight excluding hydrogens is 280 g/mol. The number of amidine groups is 1. The minimum atomic E-state index is 1.04. The van der Waals surface area contributed by atoms with Crippen molar-refractivity contribution in [1.29, 1.82) is 0 Å². The molecule has 0 atom stereocenters. The monoisotopic (exact) mass is 324 g/mol. The van der Waals surface area contributed by atoms with Gasteiger partial charge >= 0.3 is 0 Å². The van der Waals surface area contributed by atoms with Crippen molar-refractivity contribution in [2.45, 2.75) is 111 Å². The zero-order valence-corrected chi connectivity index (χ0v) is 16.7. The van der Waals surface area contributed by atoms with Crippen LogP contribution in [0.3, 0.4) is 0 Å². The molecule has 0 amide bonds. The second kappa shape index (κ2) is 17.8. The van der Waals surface area contributed by atoms with Gasteiger partial charge in [-0.3, -0.25) is 4.99 Å². The molecule has 0 radical (unpaired) electrons. The molecular formula is C21H44N2. The Morgan fingerprint density at radius 2 is 1.09 bits per heavy atom. The lowest BCUT2D eigenvalue weighted by Crippen LogP contribution is -2.33. The molecule has 0 bridgehead atoms. The van der Waals surface area contributed by atoms with Crippen LogP contribution in [0.4, 0.5) is 0 Å². The van der Waals surface area contributed by atoms with Crippen LogP contribution in [0, 0.1) is 0 Å². The molecule has 0 aliphatic heterocycles. The molecule has 0 spiro atoms. The Bertz CT molecular complexity index is 251. The van der Waals surface area contributed by atoms with Crippen LogP contribution in [0.5, 0.6) is 0 Å². The van der Waals surface area contributed by atoms with E-state index in [1.807, 2.05) is 0 Å². The molecule has 0 aromatic carbocycles. The van der Waals surface area contributed by atoms with E-state index in [-0.39, 0.29) is 0 Å². The first-order valence-corrected chi connectivity index (χ1v) is 10.6. The zero-order chi connectivity index (χ0) is 17.2. The maximum atomic E-state index is 5.03. The van der Waals surface area contributed by atoms with E-state index in [2.05, 4.69) is 32.6 Å². The van der Waals surface area contributed by atoms with Gasteiger partial charge in [-0.1, -0.05) is 79.1 Å². The fourth-order valence-electron chi connectivity index (χ4n) is 2.92. The average Bonchev–Trinajstić information content (AvgIpc) is 2.56. The van der Waals surface area contributed by atoms with Crippen molar-refractivity contribution in [2.24, 2.45) is 4.99 Å². The lowest BCUT2D eigenvalue weighted by atomic mass is 10.1. The maximum absolute atomic E-state index is 5.03. The minimum Gasteiger partial charge on any atom is -0.360 e. The van der Waals surface area contributed by atoms with E-state index in [4.69, 9.17) is 4.99 Å². The highest BCUT2D eigenvalue weighted by Gasteiger charge is 2.10. The van der Waals surface area contributed by atoms with E-state index in [1.54, 1.807) is 0 Å². The van der Waals surface area contributed by atoms with Crippen molar-refractivity contribution in [3.05, 3.63) is 0 Å². The molecule has 2 heteroatoms. The topological polar surface area (TPSA) is 15.6 Å². The number of rotatable bonds is 16. The van der Waals surface area contributed by atoms with E-state index in [0.29, 0.717) is 0 Å². The molecule has 0 saturated carbocycles. The molecule has 0 aliphatic carbocycles.